The maximum Gasteiger partial charge on any atom is 0.251 e. The van der Waals surface area contributed by atoms with E-state index in [4.69, 9.17) is 0 Å². The molecule has 0 saturated carbocycles. The van der Waals surface area contributed by atoms with Gasteiger partial charge in [0.2, 0.25) is 5.91 Å². The molecule has 144 valence electrons. The average Bonchev–Trinajstić information content (AvgIpc) is 2.65. The van der Waals surface area contributed by atoms with E-state index in [2.05, 4.69) is 47.6 Å². The van der Waals surface area contributed by atoms with Crippen LogP contribution < -0.4 is 15.5 Å². The van der Waals surface area contributed by atoms with E-state index in [-0.39, 0.29) is 24.3 Å². The van der Waals surface area contributed by atoms with Crippen molar-refractivity contribution in [1.82, 2.24) is 10.6 Å². The Labute approximate surface area is 161 Å². The largest absolute Gasteiger partial charge is 0.370 e. The fourth-order valence-corrected chi connectivity index (χ4v) is 2.92. The lowest BCUT2D eigenvalue weighted by atomic mass is 10.1. The number of carbonyl (C=O) groups excluding carboxylic acids is 2. The molecule has 0 aliphatic heterocycles. The third-order valence-corrected chi connectivity index (χ3v) is 4.36. The lowest BCUT2D eigenvalue weighted by Crippen LogP contribution is -2.39. The molecule has 2 rings (SSSR count). The van der Waals surface area contributed by atoms with E-state index in [1.54, 1.807) is 12.1 Å². The summed E-state index contributed by atoms with van der Waals surface area (Å²) in [6.45, 7) is 8.21. The summed E-state index contributed by atoms with van der Waals surface area (Å²) in [5.41, 5.74) is 2.98. The Morgan fingerprint density at radius 1 is 1.07 bits per heavy atom. The van der Waals surface area contributed by atoms with Gasteiger partial charge in [0.25, 0.3) is 5.91 Å². The zero-order valence-corrected chi connectivity index (χ0v) is 16.4. The van der Waals surface area contributed by atoms with E-state index in [0.717, 1.165) is 18.8 Å². The first-order valence-electron chi connectivity index (χ1n) is 9.43. The van der Waals surface area contributed by atoms with Crippen LogP contribution in [-0.4, -0.2) is 37.5 Å². The summed E-state index contributed by atoms with van der Waals surface area (Å²) in [5.74, 6) is -0.219. The third kappa shape index (κ3) is 6.77. The minimum atomic E-state index is -0.225. The van der Waals surface area contributed by atoms with Crippen molar-refractivity contribution in [2.45, 2.75) is 33.2 Å². The van der Waals surface area contributed by atoms with Gasteiger partial charge in [-0.05, 0) is 50.6 Å². The monoisotopic (exact) mass is 367 g/mol. The Kier molecular flexibility index (Phi) is 7.86. The van der Waals surface area contributed by atoms with Crippen LogP contribution in [0, 0.1) is 6.92 Å². The van der Waals surface area contributed by atoms with Crippen molar-refractivity contribution in [2.75, 3.05) is 24.5 Å². The zero-order valence-electron chi connectivity index (χ0n) is 16.4. The second kappa shape index (κ2) is 10.4. The number of anilines is 1. The first-order chi connectivity index (χ1) is 13.0. The summed E-state index contributed by atoms with van der Waals surface area (Å²) in [6, 6.07) is 17.1. The van der Waals surface area contributed by atoms with Gasteiger partial charge in [-0.15, -0.1) is 0 Å². The highest BCUT2D eigenvalue weighted by atomic mass is 16.2. The molecule has 1 atom stereocenters. The van der Waals surface area contributed by atoms with Crippen molar-refractivity contribution in [2.24, 2.45) is 0 Å². The summed E-state index contributed by atoms with van der Waals surface area (Å²) in [7, 11) is 0. The van der Waals surface area contributed by atoms with Gasteiger partial charge in [0, 0.05) is 43.3 Å². The Morgan fingerprint density at radius 2 is 1.81 bits per heavy atom. The Hall–Kier alpha value is -2.82. The standard InChI is InChI=1S/C22H29N3O2/c1-4-25(20-12-8-9-17(2)15-20)14-13-23-21(26)16-18(3)24-22(27)19-10-6-5-7-11-19/h5-12,15,18H,4,13-14,16H2,1-3H3,(H,23,26)(H,24,27). The maximum atomic E-state index is 12.2. The number of benzene rings is 2. The molecule has 0 spiro atoms. The SMILES string of the molecule is CCN(CCNC(=O)CC(C)NC(=O)c1ccccc1)c1cccc(C)c1. The van der Waals surface area contributed by atoms with Crippen LogP contribution >= 0.6 is 0 Å². The minimum absolute atomic E-state index is 0.0591. The van der Waals surface area contributed by atoms with Crippen molar-refractivity contribution in [1.29, 1.82) is 0 Å². The first-order valence-corrected chi connectivity index (χ1v) is 9.43. The van der Waals surface area contributed by atoms with Gasteiger partial charge >= 0.3 is 0 Å². The molecule has 0 heterocycles. The van der Waals surface area contributed by atoms with Gasteiger partial charge in [0.15, 0.2) is 0 Å². The lowest BCUT2D eigenvalue weighted by molar-refractivity contribution is -0.121. The van der Waals surface area contributed by atoms with Crippen LogP contribution in [0.15, 0.2) is 54.6 Å². The quantitative estimate of drug-likeness (QED) is 0.716. The van der Waals surface area contributed by atoms with Crippen LogP contribution in [0.5, 0.6) is 0 Å². The summed E-state index contributed by atoms with van der Waals surface area (Å²) in [5, 5.41) is 5.80. The van der Waals surface area contributed by atoms with Gasteiger partial charge in [-0.3, -0.25) is 9.59 Å². The van der Waals surface area contributed by atoms with Crippen LogP contribution in [0.3, 0.4) is 0 Å². The van der Waals surface area contributed by atoms with E-state index in [0.29, 0.717) is 12.1 Å². The highest BCUT2D eigenvalue weighted by Gasteiger charge is 2.13. The van der Waals surface area contributed by atoms with Crippen molar-refractivity contribution in [3.8, 4) is 0 Å². The smallest absolute Gasteiger partial charge is 0.251 e. The first kappa shape index (κ1) is 20.5. The summed E-state index contributed by atoms with van der Waals surface area (Å²) < 4.78 is 0. The van der Waals surface area contributed by atoms with Gasteiger partial charge < -0.3 is 15.5 Å². The molecule has 2 aromatic rings. The van der Waals surface area contributed by atoms with Gasteiger partial charge in [0.05, 0.1) is 0 Å². The van der Waals surface area contributed by atoms with E-state index in [1.165, 1.54) is 5.56 Å². The van der Waals surface area contributed by atoms with Crippen molar-refractivity contribution in [3.63, 3.8) is 0 Å². The van der Waals surface area contributed by atoms with Crippen molar-refractivity contribution >= 4 is 17.5 Å². The topological polar surface area (TPSA) is 61.4 Å². The molecule has 5 nitrogen and oxygen atoms in total. The number of hydrogen-bond donors (Lipinski definition) is 2. The molecule has 1 unspecified atom stereocenters. The number of aryl methyl sites for hydroxylation is 1. The fourth-order valence-electron chi connectivity index (χ4n) is 2.92. The van der Waals surface area contributed by atoms with Gasteiger partial charge in [-0.1, -0.05) is 30.3 Å². The molecule has 27 heavy (non-hydrogen) atoms. The number of nitrogens with one attached hydrogen (secondary N) is 2. The molecule has 0 saturated heterocycles. The summed E-state index contributed by atoms with van der Waals surface area (Å²) in [4.78, 5) is 26.5. The number of nitrogens with zero attached hydrogens (tertiary/aromatic N) is 1. The molecular formula is C22H29N3O2. The Balaban J connectivity index is 1.74. The molecule has 0 aliphatic rings. The third-order valence-electron chi connectivity index (χ3n) is 4.36. The number of amides is 2. The molecule has 0 fully saturated rings. The van der Waals surface area contributed by atoms with Gasteiger partial charge in [0.1, 0.15) is 0 Å². The Morgan fingerprint density at radius 3 is 2.48 bits per heavy atom. The second-order valence-electron chi connectivity index (χ2n) is 6.71. The predicted octanol–water partition coefficient (Wildman–Crippen LogP) is 3.15. The fraction of sp³-hybridized carbons (Fsp3) is 0.364. The molecule has 0 radical (unpaired) electrons. The van der Waals surface area contributed by atoms with E-state index < -0.39 is 0 Å². The molecule has 2 N–H and O–H groups in total. The van der Waals surface area contributed by atoms with E-state index in [1.807, 2.05) is 31.2 Å². The summed E-state index contributed by atoms with van der Waals surface area (Å²) in [6.07, 6.45) is 0.259. The van der Waals surface area contributed by atoms with Crippen LogP contribution in [0.25, 0.3) is 0 Å². The van der Waals surface area contributed by atoms with E-state index in [9.17, 15) is 9.59 Å². The number of carbonyl (C=O) groups is 2. The van der Waals surface area contributed by atoms with Gasteiger partial charge in [-0.25, -0.2) is 0 Å². The minimum Gasteiger partial charge on any atom is -0.370 e. The van der Waals surface area contributed by atoms with Crippen LogP contribution in [0.4, 0.5) is 5.69 Å². The predicted molar refractivity (Wildman–Crippen MR) is 110 cm³/mol. The number of rotatable bonds is 9. The normalized spacial score (nSPS) is 11.5. The van der Waals surface area contributed by atoms with E-state index >= 15 is 0 Å². The molecule has 0 bridgehead atoms. The second-order valence-corrected chi connectivity index (χ2v) is 6.71. The molecule has 2 aromatic carbocycles. The molecule has 5 heteroatoms. The maximum absolute atomic E-state index is 12.2. The molecule has 2 amide bonds. The molecule has 0 aliphatic carbocycles. The highest BCUT2D eigenvalue weighted by Crippen LogP contribution is 2.14. The number of likely N-dealkylation sites (N-methyl/N-ethyl adjacent to an activating group) is 1. The highest BCUT2D eigenvalue weighted by molar-refractivity contribution is 5.94. The Bertz CT molecular complexity index is 746. The molecule has 0 aromatic heterocycles. The zero-order chi connectivity index (χ0) is 19.6. The van der Waals surface area contributed by atoms with Crippen LogP contribution in [0.1, 0.15) is 36.2 Å². The summed E-state index contributed by atoms with van der Waals surface area (Å²) >= 11 is 0. The number of hydrogen-bond acceptors (Lipinski definition) is 3. The van der Waals surface area contributed by atoms with Crippen LogP contribution in [-0.2, 0) is 4.79 Å². The lowest BCUT2D eigenvalue weighted by Gasteiger charge is -2.24. The van der Waals surface area contributed by atoms with Crippen LogP contribution in [0.2, 0.25) is 0 Å². The van der Waals surface area contributed by atoms with Gasteiger partial charge in [-0.2, -0.15) is 0 Å². The molecular weight excluding hydrogens is 338 g/mol. The van der Waals surface area contributed by atoms with Crippen molar-refractivity contribution < 1.29 is 9.59 Å². The van der Waals surface area contributed by atoms with Crippen molar-refractivity contribution in [3.05, 3.63) is 65.7 Å². The average molecular weight is 367 g/mol.